The van der Waals surface area contributed by atoms with Crippen LogP contribution in [0.3, 0.4) is 0 Å². The van der Waals surface area contributed by atoms with E-state index in [2.05, 4.69) is 26.2 Å². The third-order valence-corrected chi connectivity index (χ3v) is 5.38. The van der Waals surface area contributed by atoms with Crippen molar-refractivity contribution in [2.45, 2.75) is 18.4 Å². The topological polar surface area (TPSA) is 79.3 Å². The van der Waals surface area contributed by atoms with Crippen LogP contribution in [0.25, 0.3) is 0 Å². The Balaban J connectivity index is 2.07. The molecular formula is C22H13BrF6N2O3. The Hall–Kier alpha value is -3.41. The first-order valence-corrected chi connectivity index (χ1v) is 10.1. The van der Waals surface area contributed by atoms with Gasteiger partial charge in [-0.05, 0) is 64.0 Å². The molecule has 0 aliphatic heterocycles. The van der Waals surface area contributed by atoms with E-state index in [-0.39, 0.29) is 21.2 Å². The molecule has 178 valence electrons. The Kier molecular flexibility index (Phi) is 7.01. The number of amides is 1. The lowest BCUT2D eigenvalue weighted by atomic mass is 9.97. The molecule has 2 N–H and O–H groups in total. The van der Waals surface area contributed by atoms with Crippen molar-refractivity contribution in [3.05, 3.63) is 98.8 Å². The van der Waals surface area contributed by atoms with Crippen molar-refractivity contribution in [3.8, 4) is 0 Å². The number of aromatic nitrogens is 1. The Morgan fingerprint density at radius 2 is 1.59 bits per heavy atom. The lowest BCUT2D eigenvalue weighted by Crippen LogP contribution is -2.31. The summed E-state index contributed by atoms with van der Waals surface area (Å²) in [5, 5.41) is 11.5. The maximum Gasteiger partial charge on any atom is 0.418 e. The number of alkyl halides is 6. The molecule has 1 amide bonds. The average Bonchev–Trinajstić information content (AvgIpc) is 2.76. The van der Waals surface area contributed by atoms with E-state index in [1.54, 1.807) is 0 Å². The van der Waals surface area contributed by atoms with Gasteiger partial charge in [0.2, 0.25) is 0 Å². The van der Waals surface area contributed by atoms with Gasteiger partial charge in [-0.1, -0.05) is 12.1 Å². The Morgan fingerprint density at radius 3 is 2.12 bits per heavy atom. The maximum absolute atomic E-state index is 13.6. The highest BCUT2D eigenvalue weighted by atomic mass is 79.9. The molecule has 0 aliphatic rings. The van der Waals surface area contributed by atoms with Crippen molar-refractivity contribution < 1.29 is 41.0 Å². The van der Waals surface area contributed by atoms with E-state index in [9.17, 15) is 35.9 Å². The molecule has 0 spiro atoms. The van der Waals surface area contributed by atoms with Crippen LogP contribution in [0.2, 0.25) is 0 Å². The van der Waals surface area contributed by atoms with Crippen LogP contribution in [0.4, 0.5) is 26.3 Å². The van der Waals surface area contributed by atoms with Crippen LogP contribution < -0.4 is 5.32 Å². The molecule has 3 aromatic rings. The molecular weight excluding hydrogens is 534 g/mol. The van der Waals surface area contributed by atoms with Crippen molar-refractivity contribution in [2.24, 2.45) is 0 Å². The smallest absolute Gasteiger partial charge is 0.418 e. The molecule has 0 unspecified atom stereocenters. The zero-order chi connectivity index (χ0) is 25.3. The molecule has 3 rings (SSSR count). The molecule has 5 nitrogen and oxygen atoms in total. The molecule has 0 radical (unpaired) electrons. The minimum absolute atomic E-state index is 0.0487. The fourth-order valence-corrected chi connectivity index (χ4v) is 3.65. The number of carbonyl (C=O) groups excluding carboxylic acids is 1. The van der Waals surface area contributed by atoms with Gasteiger partial charge in [0.15, 0.2) is 0 Å². The van der Waals surface area contributed by atoms with Crippen molar-refractivity contribution >= 4 is 27.8 Å². The highest BCUT2D eigenvalue weighted by molar-refractivity contribution is 9.10. The van der Waals surface area contributed by atoms with E-state index in [0.717, 1.165) is 48.7 Å². The van der Waals surface area contributed by atoms with Gasteiger partial charge in [0.1, 0.15) is 0 Å². The largest absolute Gasteiger partial charge is 0.478 e. The number of hydrogen-bond acceptors (Lipinski definition) is 3. The van der Waals surface area contributed by atoms with Gasteiger partial charge < -0.3 is 10.4 Å². The SMILES string of the molecule is O=C(N[C@@H](c1ccc(C(F)(F)F)cc1)c1ncccc1C(F)(F)F)c1ccc(C(=O)O)c(Br)c1. The summed E-state index contributed by atoms with van der Waals surface area (Å²) in [5.74, 6) is -2.17. The number of carboxylic acid groups (broad SMARTS) is 1. The van der Waals surface area contributed by atoms with Gasteiger partial charge in [-0.3, -0.25) is 9.78 Å². The van der Waals surface area contributed by atoms with Crippen LogP contribution in [0.1, 0.15) is 49.1 Å². The number of nitrogens with zero attached hydrogens (tertiary/aromatic N) is 1. The third kappa shape index (κ3) is 5.56. The minimum atomic E-state index is -4.86. The summed E-state index contributed by atoms with van der Waals surface area (Å²) in [7, 11) is 0. The van der Waals surface area contributed by atoms with Gasteiger partial charge in [-0.25, -0.2) is 4.79 Å². The zero-order valence-electron chi connectivity index (χ0n) is 16.7. The Bertz CT molecular complexity index is 1230. The van der Waals surface area contributed by atoms with Crippen LogP contribution in [0, 0.1) is 0 Å². The van der Waals surface area contributed by atoms with Gasteiger partial charge in [0.25, 0.3) is 5.91 Å². The highest BCUT2D eigenvalue weighted by Gasteiger charge is 2.37. The summed E-state index contributed by atoms with van der Waals surface area (Å²) < 4.78 is 79.7. The first-order valence-electron chi connectivity index (χ1n) is 9.32. The number of pyridine rings is 1. The van der Waals surface area contributed by atoms with Crippen molar-refractivity contribution in [2.75, 3.05) is 0 Å². The number of carbonyl (C=O) groups is 2. The number of benzene rings is 2. The monoisotopic (exact) mass is 546 g/mol. The molecule has 1 heterocycles. The molecule has 0 saturated carbocycles. The molecule has 0 bridgehead atoms. The number of aromatic carboxylic acids is 1. The maximum atomic E-state index is 13.6. The second-order valence-electron chi connectivity index (χ2n) is 6.96. The quantitative estimate of drug-likeness (QED) is 0.379. The number of rotatable bonds is 5. The summed E-state index contributed by atoms with van der Waals surface area (Å²) in [5.41, 5.74) is -3.15. The normalized spacial score (nSPS) is 12.8. The Morgan fingerprint density at radius 1 is 0.941 bits per heavy atom. The predicted molar refractivity (Wildman–Crippen MR) is 111 cm³/mol. The number of carboxylic acids is 1. The average molecular weight is 547 g/mol. The van der Waals surface area contributed by atoms with Crippen LogP contribution in [-0.4, -0.2) is 22.0 Å². The predicted octanol–water partition coefficient (Wildman–Crippen LogP) is 6.10. The van der Waals surface area contributed by atoms with Gasteiger partial charge in [0, 0.05) is 16.2 Å². The van der Waals surface area contributed by atoms with Crippen LogP contribution in [-0.2, 0) is 12.4 Å². The van der Waals surface area contributed by atoms with Crippen LogP contribution in [0.15, 0.2) is 65.3 Å². The molecule has 0 saturated heterocycles. The van der Waals surface area contributed by atoms with E-state index in [4.69, 9.17) is 5.11 Å². The first-order chi connectivity index (χ1) is 15.8. The van der Waals surface area contributed by atoms with Crippen molar-refractivity contribution in [3.63, 3.8) is 0 Å². The fraction of sp³-hybridized carbons (Fsp3) is 0.136. The fourth-order valence-electron chi connectivity index (χ4n) is 3.11. The highest BCUT2D eigenvalue weighted by Crippen LogP contribution is 2.36. The molecule has 0 fully saturated rings. The van der Waals surface area contributed by atoms with E-state index in [1.165, 1.54) is 0 Å². The third-order valence-electron chi connectivity index (χ3n) is 4.73. The lowest BCUT2D eigenvalue weighted by molar-refractivity contribution is -0.139. The van der Waals surface area contributed by atoms with Gasteiger partial charge in [-0.2, -0.15) is 26.3 Å². The zero-order valence-corrected chi connectivity index (χ0v) is 18.3. The van der Waals surface area contributed by atoms with E-state index in [1.807, 2.05) is 0 Å². The summed E-state index contributed by atoms with van der Waals surface area (Å²) in [6.07, 6.45) is -8.46. The van der Waals surface area contributed by atoms with Gasteiger partial charge >= 0.3 is 18.3 Å². The Labute approximate surface area is 196 Å². The van der Waals surface area contributed by atoms with Gasteiger partial charge in [0.05, 0.1) is 28.4 Å². The molecule has 0 aliphatic carbocycles. The standard InChI is InChI=1S/C22H13BrF6N2O3/c23-16-10-12(5-8-14(16)20(33)34)19(32)31-17(11-3-6-13(7-4-11)21(24,25)26)18-15(22(27,28)29)2-1-9-30-18/h1-10,17H,(H,31,32)(H,33,34)/t17-/m0/s1. The van der Waals surface area contributed by atoms with Gasteiger partial charge in [-0.15, -0.1) is 0 Å². The van der Waals surface area contributed by atoms with Crippen LogP contribution >= 0.6 is 15.9 Å². The number of nitrogens with one attached hydrogen (secondary N) is 1. The summed E-state index contributed by atoms with van der Waals surface area (Å²) in [4.78, 5) is 27.8. The van der Waals surface area contributed by atoms with Crippen molar-refractivity contribution in [1.82, 2.24) is 10.3 Å². The lowest BCUT2D eigenvalue weighted by Gasteiger charge is -2.23. The summed E-state index contributed by atoms with van der Waals surface area (Å²) in [6, 6.07) is 6.91. The van der Waals surface area contributed by atoms with Crippen molar-refractivity contribution in [1.29, 1.82) is 0 Å². The summed E-state index contributed by atoms with van der Waals surface area (Å²) in [6.45, 7) is 0. The van der Waals surface area contributed by atoms with Crippen LogP contribution in [0.5, 0.6) is 0 Å². The number of halogens is 7. The van der Waals surface area contributed by atoms with E-state index in [0.29, 0.717) is 12.1 Å². The molecule has 1 aromatic heterocycles. The number of hydrogen-bond donors (Lipinski definition) is 2. The molecule has 12 heteroatoms. The first kappa shape index (κ1) is 25.2. The minimum Gasteiger partial charge on any atom is -0.478 e. The molecule has 1 atom stereocenters. The molecule has 34 heavy (non-hydrogen) atoms. The summed E-state index contributed by atoms with van der Waals surface area (Å²) >= 11 is 3.01. The second-order valence-corrected chi connectivity index (χ2v) is 7.81. The second kappa shape index (κ2) is 9.45. The van der Waals surface area contributed by atoms with E-state index >= 15 is 0 Å². The van der Waals surface area contributed by atoms with E-state index < -0.39 is 47.1 Å². The molecule has 2 aromatic carbocycles.